The molecular formula is C35H51NO2. The van der Waals surface area contributed by atoms with E-state index in [2.05, 4.69) is 45.1 Å². The van der Waals surface area contributed by atoms with E-state index < -0.39 is 0 Å². The van der Waals surface area contributed by atoms with Gasteiger partial charge in [0.25, 0.3) is 0 Å². The minimum absolute atomic E-state index is 0.0927. The molecule has 0 amide bonds. The second-order valence-corrected chi connectivity index (χ2v) is 14.5. The fourth-order valence-electron chi connectivity index (χ4n) is 10.8. The summed E-state index contributed by atoms with van der Waals surface area (Å²) in [4.78, 5) is 0. The number of rotatable bonds is 6. The zero-order valence-corrected chi connectivity index (χ0v) is 24.3. The van der Waals surface area contributed by atoms with Crippen molar-refractivity contribution in [3.63, 3.8) is 0 Å². The van der Waals surface area contributed by atoms with Crippen molar-refractivity contribution in [3.8, 4) is 5.75 Å². The van der Waals surface area contributed by atoms with Crippen molar-refractivity contribution in [2.45, 2.75) is 111 Å². The van der Waals surface area contributed by atoms with Gasteiger partial charge in [0, 0.05) is 18.2 Å². The SMILES string of the molecule is CCC[C@@H](C)[C@H]1CC[C@H]2[C@@H]3CCC4C[C@@H](O)[C@H](NCc5cc6ccccc6cc5O)C[C@]4(C)[C@H]3CC[C@]12C. The summed E-state index contributed by atoms with van der Waals surface area (Å²) >= 11 is 0. The predicted molar refractivity (Wildman–Crippen MR) is 157 cm³/mol. The lowest BCUT2D eigenvalue weighted by atomic mass is 9.44. The molecule has 0 aromatic heterocycles. The summed E-state index contributed by atoms with van der Waals surface area (Å²) in [5.41, 5.74) is 1.77. The summed E-state index contributed by atoms with van der Waals surface area (Å²) in [5, 5.41) is 27.9. The van der Waals surface area contributed by atoms with E-state index in [1.807, 2.05) is 24.3 Å². The Labute approximate surface area is 230 Å². The van der Waals surface area contributed by atoms with Crippen LogP contribution in [0.25, 0.3) is 10.8 Å². The van der Waals surface area contributed by atoms with Gasteiger partial charge in [-0.25, -0.2) is 0 Å². The highest BCUT2D eigenvalue weighted by Gasteiger charge is 2.61. The molecule has 0 saturated heterocycles. The lowest BCUT2D eigenvalue weighted by Gasteiger charge is -2.62. The van der Waals surface area contributed by atoms with Gasteiger partial charge in [0.1, 0.15) is 5.75 Å². The maximum absolute atomic E-state index is 11.2. The Morgan fingerprint density at radius 3 is 2.47 bits per heavy atom. The van der Waals surface area contributed by atoms with Gasteiger partial charge >= 0.3 is 0 Å². The first-order valence-corrected chi connectivity index (χ1v) is 15.9. The fourth-order valence-corrected chi connectivity index (χ4v) is 10.8. The number of aliphatic hydroxyl groups is 1. The van der Waals surface area contributed by atoms with Gasteiger partial charge < -0.3 is 15.5 Å². The highest BCUT2D eigenvalue weighted by atomic mass is 16.3. The van der Waals surface area contributed by atoms with E-state index in [0.29, 0.717) is 29.0 Å². The van der Waals surface area contributed by atoms with Crippen molar-refractivity contribution in [2.75, 3.05) is 0 Å². The van der Waals surface area contributed by atoms with Crippen LogP contribution in [0.3, 0.4) is 0 Å². The maximum atomic E-state index is 11.2. The van der Waals surface area contributed by atoms with Crippen LogP contribution in [0.5, 0.6) is 5.75 Å². The largest absolute Gasteiger partial charge is 0.508 e. The molecule has 0 aliphatic heterocycles. The molecule has 0 radical (unpaired) electrons. The molecule has 0 heterocycles. The first-order chi connectivity index (χ1) is 18.2. The molecule has 1 unspecified atom stereocenters. The Balaban J connectivity index is 1.19. The van der Waals surface area contributed by atoms with Gasteiger partial charge in [0.2, 0.25) is 0 Å². The minimum atomic E-state index is -0.299. The Morgan fingerprint density at radius 2 is 1.71 bits per heavy atom. The molecule has 0 spiro atoms. The van der Waals surface area contributed by atoms with Crippen LogP contribution in [0, 0.1) is 46.3 Å². The van der Waals surface area contributed by atoms with E-state index >= 15 is 0 Å². The Hall–Kier alpha value is -1.58. The smallest absolute Gasteiger partial charge is 0.120 e. The van der Waals surface area contributed by atoms with Gasteiger partial charge in [-0.1, -0.05) is 64.8 Å². The van der Waals surface area contributed by atoms with E-state index in [9.17, 15) is 10.2 Å². The Morgan fingerprint density at radius 1 is 0.974 bits per heavy atom. The molecule has 3 heteroatoms. The van der Waals surface area contributed by atoms with E-state index in [0.717, 1.165) is 58.8 Å². The number of aromatic hydroxyl groups is 1. The number of fused-ring (bicyclic) bond motifs is 6. The molecule has 208 valence electrons. The molecule has 4 fully saturated rings. The lowest BCUT2D eigenvalue weighted by molar-refractivity contribution is -0.137. The van der Waals surface area contributed by atoms with Crippen molar-refractivity contribution >= 4 is 10.8 Å². The van der Waals surface area contributed by atoms with Gasteiger partial charge in [0.15, 0.2) is 0 Å². The highest BCUT2D eigenvalue weighted by Crippen LogP contribution is 2.68. The second kappa shape index (κ2) is 10.1. The van der Waals surface area contributed by atoms with Crippen LogP contribution in [-0.2, 0) is 6.54 Å². The van der Waals surface area contributed by atoms with Crippen molar-refractivity contribution in [1.82, 2.24) is 5.32 Å². The Bertz CT molecular complexity index is 1150. The summed E-state index contributed by atoms with van der Waals surface area (Å²) in [7, 11) is 0. The average molecular weight is 518 g/mol. The van der Waals surface area contributed by atoms with E-state index in [1.165, 1.54) is 51.4 Å². The van der Waals surface area contributed by atoms with Gasteiger partial charge in [-0.2, -0.15) is 0 Å². The number of hydrogen-bond acceptors (Lipinski definition) is 3. The normalized spacial score (nSPS) is 41.3. The van der Waals surface area contributed by atoms with Crippen molar-refractivity contribution in [2.24, 2.45) is 46.3 Å². The first kappa shape index (κ1) is 26.6. The number of hydrogen-bond donors (Lipinski definition) is 3. The summed E-state index contributed by atoms with van der Waals surface area (Å²) in [6.45, 7) is 10.8. The quantitative estimate of drug-likeness (QED) is 0.363. The fraction of sp³-hybridized carbons (Fsp3) is 0.714. The molecule has 2 aromatic carbocycles. The number of phenolic OH excluding ortho intramolecular Hbond substituents is 1. The molecule has 38 heavy (non-hydrogen) atoms. The van der Waals surface area contributed by atoms with Gasteiger partial charge in [0.05, 0.1) is 6.10 Å². The third-order valence-electron chi connectivity index (χ3n) is 12.7. The maximum Gasteiger partial charge on any atom is 0.120 e. The van der Waals surface area contributed by atoms with E-state index in [4.69, 9.17) is 0 Å². The van der Waals surface area contributed by atoms with Crippen molar-refractivity contribution < 1.29 is 10.2 Å². The van der Waals surface area contributed by atoms with E-state index in [1.54, 1.807) is 0 Å². The van der Waals surface area contributed by atoms with Crippen LogP contribution in [0.4, 0.5) is 0 Å². The minimum Gasteiger partial charge on any atom is -0.508 e. The van der Waals surface area contributed by atoms with Gasteiger partial charge in [-0.05, 0) is 121 Å². The van der Waals surface area contributed by atoms with Crippen LogP contribution < -0.4 is 5.32 Å². The number of aliphatic hydroxyl groups excluding tert-OH is 1. The summed E-state index contributed by atoms with van der Waals surface area (Å²) in [6, 6.07) is 12.3. The summed E-state index contributed by atoms with van der Waals surface area (Å²) in [5.74, 6) is 5.34. The standard InChI is InChI=1S/C35H51NO2/c1-5-8-22(2)28-13-14-29-27-12-11-26-19-33(38)31(20-35(26,4)30(27)15-16-34(28,29)3)36-21-25-17-23-9-6-7-10-24(23)18-32(25)37/h6-7,9-10,17-18,22,26-31,33,36-38H,5,8,11-16,19-21H2,1-4H3/t22-,26?,27+,28-,29+,30+,31-,33-,34-,35+/m1/s1. The lowest BCUT2D eigenvalue weighted by Crippen LogP contribution is -2.59. The van der Waals surface area contributed by atoms with Crippen LogP contribution in [0.1, 0.15) is 97.5 Å². The number of phenols is 1. The monoisotopic (exact) mass is 517 g/mol. The molecule has 4 aliphatic rings. The van der Waals surface area contributed by atoms with Crippen molar-refractivity contribution in [1.29, 1.82) is 0 Å². The van der Waals surface area contributed by atoms with Gasteiger partial charge in [-0.3, -0.25) is 0 Å². The molecule has 0 bridgehead atoms. The molecule has 10 atom stereocenters. The molecule has 4 saturated carbocycles. The summed E-state index contributed by atoms with van der Waals surface area (Å²) < 4.78 is 0. The van der Waals surface area contributed by atoms with Crippen molar-refractivity contribution in [3.05, 3.63) is 42.0 Å². The van der Waals surface area contributed by atoms with Crippen LogP contribution >= 0.6 is 0 Å². The topological polar surface area (TPSA) is 52.5 Å². The third kappa shape index (κ3) is 4.31. The zero-order chi connectivity index (χ0) is 26.7. The first-order valence-electron chi connectivity index (χ1n) is 15.9. The zero-order valence-electron chi connectivity index (χ0n) is 24.3. The van der Waals surface area contributed by atoms with Crippen LogP contribution in [0.15, 0.2) is 36.4 Å². The molecule has 6 rings (SSSR count). The highest BCUT2D eigenvalue weighted by molar-refractivity contribution is 5.84. The number of nitrogens with one attached hydrogen (secondary N) is 1. The molecule has 3 N–H and O–H groups in total. The molecular weight excluding hydrogens is 466 g/mol. The van der Waals surface area contributed by atoms with E-state index in [-0.39, 0.29) is 12.1 Å². The second-order valence-electron chi connectivity index (χ2n) is 14.5. The van der Waals surface area contributed by atoms with Gasteiger partial charge in [-0.15, -0.1) is 0 Å². The predicted octanol–water partition coefficient (Wildman–Crippen LogP) is 8.07. The number of benzene rings is 2. The van der Waals surface area contributed by atoms with Crippen LogP contribution in [-0.4, -0.2) is 22.4 Å². The molecule has 4 aliphatic carbocycles. The molecule has 2 aromatic rings. The Kier molecular flexibility index (Phi) is 7.09. The van der Waals surface area contributed by atoms with Crippen LogP contribution in [0.2, 0.25) is 0 Å². The third-order valence-corrected chi connectivity index (χ3v) is 12.7. The molecule has 3 nitrogen and oxygen atoms in total. The summed E-state index contributed by atoms with van der Waals surface area (Å²) in [6.07, 6.45) is 12.8. The average Bonchev–Trinajstić information content (AvgIpc) is 3.25.